The van der Waals surface area contributed by atoms with E-state index in [-0.39, 0.29) is 21.7 Å². The molecule has 0 fully saturated rings. The van der Waals surface area contributed by atoms with E-state index in [0.29, 0.717) is 0 Å². The van der Waals surface area contributed by atoms with Gasteiger partial charge in [0, 0.05) is 7.11 Å². The van der Waals surface area contributed by atoms with Crippen molar-refractivity contribution in [3.63, 3.8) is 0 Å². The Morgan fingerprint density at radius 1 is 0.667 bits per heavy atom. The fraction of sp³-hybridized carbons (Fsp3) is 0.231. The first-order valence-corrected chi connectivity index (χ1v) is 4.60. The Morgan fingerprint density at radius 2 is 0.867 bits per heavy atom. The molecular weight excluding hydrogens is 220 g/mol. The minimum absolute atomic E-state index is 0. The van der Waals surface area contributed by atoms with E-state index in [9.17, 15) is 0 Å². The molecule has 0 heterocycles. The molecule has 2 rings (SSSR count). The quantitative estimate of drug-likeness (QED) is 0.552. The van der Waals surface area contributed by atoms with Gasteiger partial charge in [0.1, 0.15) is 0 Å². The summed E-state index contributed by atoms with van der Waals surface area (Å²) < 4.78 is 0. The third kappa shape index (κ3) is 9.67. The summed E-state index contributed by atoms with van der Waals surface area (Å²) in [6.07, 6.45) is 0. The number of rotatable bonds is 0. The maximum atomic E-state index is 7.00. The predicted molar refractivity (Wildman–Crippen MR) is 61.7 cm³/mol. The van der Waals surface area contributed by atoms with Gasteiger partial charge in [0.05, 0.1) is 0 Å². The van der Waals surface area contributed by atoms with E-state index < -0.39 is 0 Å². The Morgan fingerprint density at radius 3 is 0.933 bits per heavy atom. The van der Waals surface area contributed by atoms with Crippen molar-refractivity contribution in [3.8, 4) is 0 Å². The largest absolute Gasteiger partial charge is 2.00 e. The number of aliphatic hydroxyl groups excluding tert-OH is 1. The summed E-state index contributed by atoms with van der Waals surface area (Å²) in [5, 5.41) is 7.00. The molecule has 0 atom stereocenters. The maximum absolute atomic E-state index is 7.00. The van der Waals surface area contributed by atoms with Crippen LogP contribution in [0.25, 0.3) is 0 Å². The average Bonchev–Trinajstić information content (AvgIpc) is 2.83. The molecule has 0 radical (unpaired) electrons. The predicted octanol–water partition coefficient (Wildman–Crippen LogP) is 3.03. The fourth-order valence-electron chi connectivity index (χ4n) is 0.940. The van der Waals surface area contributed by atoms with Gasteiger partial charge in [-0.05, 0) is 0 Å². The molecule has 0 saturated carbocycles. The maximum Gasteiger partial charge on any atom is 2.00 e. The monoisotopic (exact) mass is 238 g/mol. The van der Waals surface area contributed by atoms with Crippen LogP contribution in [0.4, 0.5) is 0 Å². The summed E-state index contributed by atoms with van der Waals surface area (Å²) in [7, 11) is 1.00. The summed E-state index contributed by atoms with van der Waals surface area (Å²) in [5.41, 5.74) is 2.69. The third-order valence-corrected chi connectivity index (χ3v) is 1.66. The smallest absolute Gasteiger partial charge is 0.400 e. The van der Waals surface area contributed by atoms with Gasteiger partial charge >= 0.3 is 21.7 Å². The van der Waals surface area contributed by atoms with Crippen LogP contribution in [0.3, 0.4) is 0 Å². The number of hydrogen-bond donors (Lipinski definition) is 1. The molecule has 0 aliphatic carbocycles. The minimum atomic E-state index is 0. The van der Waals surface area contributed by atoms with Gasteiger partial charge in [-0.1, -0.05) is 13.8 Å². The van der Waals surface area contributed by atoms with E-state index in [1.807, 2.05) is 24.3 Å². The Labute approximate surface area is 107 Å². The van der Waals surface area contributed by atoms with Crippen molar-refractivity contribution >= 4 is 0 Å². The second-order valence-corrected chi connectivity index (χ2v) is 2.92. The van der Waals surface area contributed by atoms with Crippen LogP contribution in [0, 0.1) is 13.8 Å². The SMILES string of the molecule is CO.C[c-]1cccc1.C[c-]1cccc1.[Ti+2]. The molecule has 1 nitrogen and oxygen atoms in total. The first-order valence-electron chi connectivity index (χ1n) is 4.60. The Bertz CT molecular complexity index is 250. The average molecular weight is 238 g/mol. The molecule has 15 heavy (non-hydrogen) atoms. The van der Waals surface area contributed by atoms with Gasteiger partial charge in [0.2, 0.25) is 0 Å². The van der Waals surface area contributed by atoms with E-state index in [1.165, 1.54) is 11.1 Å². The zero-order chi connectivity index (χ0) is 10.8. The van der Waals surface area contributed by atoms with Gasteiger partial charge in [-0.15, -0.1) is 0 Å². The zero-order valence-corrected chi connectivity index (χ0v) is 11.1. The minimum Gasteiger partial charge on any atom is -0.400 e. The molecule has 80 valence electrons. The molecule has 2 aromatic rings. The van der Waals surface area contributed by atoms with Gasteiger partial charge in [0.25, 0.3) is 0 Å². The van der Waals surface area contributed by atoms with Crippen LogP contribution in [0.1, 0.15) is 11.1 Å². The zero-order valence-electron chi connectivity index (χ0n) is 9.57. The van der Waals surface area contributed by atoms with Crippen molar-refractivity contribution in [2.24, 2.45) is 0 Å². The molecule has 0 amide bonds. The molecule has 0 aliphatic rings. The number of aliphatic hydroxyl groups is 1. The molecule has 0 bridgehead atoms. The van der Waals surface area contributed by atoms with Crippen LogP contribution in [0.5, 0.6) is 0 Å². The van der Waals surface area contributed by atoms with Crippen molar-refractivity contribution < 1.29 is 26.8 Å². The van der Waals surface area contributed by atoms with Crippen molar-refractivity contribution in [1.29, 1.82) is 0 Å². The van der Waals surface area contributed by atoms with Gasteiger partial charge in [-0.25, -0.2) is 24.3 Å². The topological polar surface area (TPSA) is 20.2 Å². The summed E-state index contributed by atoms with van der Waals surface area (Å²) in [6, 6.07) is 16.5. The molecule has 0 spiro atoms. The van der Waals surface area contributed by atoms with E-state index in [1.54, 1.807) is 0 Å². The summed E-state index contributed by atoms with van der Waals surface area (Å²) >= 11 is 0. The van der Waals surface area contributed by atoms with Crippen molar-refractivity contribution in [2.75, 3.05) is 7.11 Å². The Kier molecular flexibility index (Phi) is 12.8. The fourth-order valence-corrected chi connectivity index (χ4v) is 0.940. The number of hydrogen-bond acceptors (Lipinski definition) is 1. The summed E-state index contributed by atoms with van der Waals surface area (Å²) in [6.45, 7) is 4.17. The summed E-state index contributed by atoms with van der Waals surface area (Å²) in [5.74, 6) is 0. The molecule has 0 unspecified atom stereocenters. The second kappa shape index (κ2) is 11.4. The first kappa shape index (κ1) is 16.8. The normalized spacial score (nSPS) is 7.47. The van der Waals surface area contributed by atoms with Crippen LogP contribution in [0.15, 0.2) is 48.5 Å². The van der Waals surface area contributed by atoms with Gasteiger partial charge in [-0.2, -0.15) is 35.4 Å². The van der Waals surface area contributed by atoms with Crippen molar-refractivity contribution in [1.82, 2.24) is 0 Å². The van der Waals surface area contributed by atoms with Gasteiger partial charge in [-0.3, -0.25) is 0 Å². The van der Waals surface area contributed by atoms with Crippen molar-refractivity contribution in [3.05, 3.63) is 59.7 Å². The molecule has 0 aromatic heterocycles. The van der Waals surface area contributed by atoms with Crippen LogP contribution in [0.2, 0.25) is 0 Å². The molecule has 2 aromatic carbocycles. The summed E-state index contributed by atoms with van der Waals surface area (Å²) in [4.78, 5) is 0. The molecular formula is C13H18OTi. The van der Waals surface area contributed by atoms with Gasteiger partial charge < -0.3 is 5.11 Å². The first-order chi connectivity index (χ1) is 6.79. The third-order valence-electron chi connectivity index (χ3n) is 1.66. The number of aryl methyl sites for hydroxylation is 2. The van der Waals surface area contributed by atoms with Gasteiger partial charge in [0.15, 0.2) is 0 Å². The van der Waals surface area contributed by atoms with E-state index in [4.69, 9.17) is 5.11 Å². The Balaban J connectivity index is 0. The van der Waals surface area contributed by atoms with E-state index in [0.717, 1.165) is 7.11 Å². The molecule has 1 N–H and O–H groups in total. The Hall–Kier alpha value is -0.626. The molecule has 0 saturated heterocycles. The second-order valence-electron chi connectivity index (χ2n) is 2.92. The van der Waals surface area contributed by atoms with Crippen LogP contribution >= 0.6 is 0 Å². The molecule has 2 heteroatoms. The van der Waals surface area contributed by atoms with Crippen molar-refractivity contribution in [2.45, 2.75) is 13.8 Å². The van der Waals surface area contributed by atoms with E-state index in [2.05, 4.69) is 38.1 Å². The van der Waals surface area contributed by atoms with Crippen LogP contribution in [-0.2, 0) is 21.7 Å². The molecule has 0 aliphatic heterocycles. The van der Waals surface area contributed by atoms with Crippen LogP contribution < -0.4 is 0 Å². The van der Waals surface area contributed by atoms with E-state index >= 15 is 0 Å². The van der Waals surface area contributed by atoms with Crippen LogP contribution in [-0.4, -0.2) is 12.2 Å². The standard InChI is InChI=1S/2C6H7.CH4O.Ti/c2*1-6-4-2-3-5-6;1-2;/h2*2-5H,1H3;2H,1H3;/q2*-1;;+2.